The molecule has 1 aromatic carbocycles. The van der Waals surface area contributed by atoms with Crippen LogP contribution in [0, 0.1) is 0 Å². The van der Waals surface area contributed by atoms with Crippen LogP contribution in [0.2, 0.25) is 0 Å². The summed E-state index contributed by atoms with van der Waals surface area (Å²) in [6, 6.07) is 7.31. The molecular formula is C16H18N2O4. The lowest BCUT2D eigenvalue weighted by Crippen LogP contribution is -2.16. The van der Waals surface area contributed by atoms with Gasteiger partial charge in [-0.15, -0.1) is 0 Å². The van der Waals surface area contributed by atoms with E-state index in [0.717, 1.165) is 0 Å². The van der Waals surface area contributed by atoms with Crippen LogP contribution in [0.25, 0.3) is 11.0 Å². The third kappa shape index (κ3) is 4.00. The first kappa shape index (κ1) is 15.9. The number of fused-ring (bicyclic) bond motifs is 1. The van der Waals surface area contributed by atoms with E-state index in [0.29, 0.717) is 35.6 Å². The molecule has 6 heteroatoms. The number of ether oxygens (including phenoxy) is 2. The van der Waals surface area contributed by atoms with Crippen LogP contribution in [0.15, 0.2) is 24.3 Å². The molecule has 0 N–H and O–H groups in total. The summed E-state index contributed by atoms with van der Waals surface area (Å²) in [5, 5.41) is 0. The van der Waals surface area contributed by atoms with Crippen molar-refractivity contribution in [3.05, 3.63) is 35.7 Å². The molecule has 0 saturated heterocycles. The number of para-hydroxylation sites is 2. The van der Waals surface area contributed by atoms with Crippen molar-refractivity contribution in [2.24, 2.45) is 0 Å². The summed E-state index contributed by atoms with van der Waals surface area (Å²) < 4.78 is 9.88. The van der Waals surface area contributed by atoms with Crippen molar-refractivity contribution in [1.82, 2.24) is 9.97 Å². The van der Waals surface area contributed by atoms with Gasteiger partial charge in [-0.2, -0.15) is 0 Å². The molecule has 0 radical (unpaired) electrons. The van der Waals surface area contributed by atoms with E-state index in [1.54, 1.807) is 13.8 Å². The number of aromatic nitrogens is 2. The molecule has 0 aliphatic carbocycles. The number of rotatable bonds is 6. The summed E-state index contributed by atoms with van der Waals surface area (Å²) in [6.07, 6.45) is -0.0270. The van der Waals surface area contributed by atoms with Gasteiger partial charge in [-0.3, -0.25) is 9.59 Å². The Morgan fingerprint density at radius 1 is 0.864 bits per heavy atom. The zero-order valence-corrected chi connectivity index (χ0v) is 12.7. The minimum Gasteiger partial charge on any atom is -0.466 e. The number of nitrogens with zero attached hydrogens (tertiary/aromatic N) is 2. The quantitative estimate of drug-likeness (QED) is 0.758. The highest BCUT2D eigenvalue weighted by Gasteiger charge is 2.16. The van der Waals surface area contributed by atoms with Crippen molar-refractivity contribution in [1.29, 1.82) is 0 Å². The Balaban J connectivity index is 2.36. The molecule has 22 heavy (non-hydrogen) atoms. The van der Waals surface area contributed by atoms with Crippen molar-refractivity contribution in [2.75, 3.05) is 13.2 Å². The zero-order valence-electron chi connectivity index (χ0n) is 12.7. The smallest absolute Gasteiger partial charge is 0.311 e. The van der Waals surface area contributed by atoms with E-state index in [-0.39, 0.29) is 12.8 Å². The highest BCUT2D eigenvalue weighted by molar-refractivity contribution is 5.79. The lowest BCUT2D eigenvalue weighted by atomic mass is 10.1. The van der Waals surface area contributed by atoms with Crippen molar-refractivity contribution < 1.29 is 19.1 Å². The Hall–Kier alpha value is -2.50. The maximum absolute atomic E-state index is 11.7. The summed E-state index contributed by atoms with van der Waals surface area (Å²) in [5.74, 6) is -0.783. The van der Waals surface area contributed by atoms with Crippen LogP contribution in [0.1, 0.15) is 25.2 Å². The Kier molecular flexibility index (Phi) is 5.41. The van der Waals surface area contributed by atoms with Gasteiger partial charge in [0.05, 0.1) is 48.5 Å². The molecule has 116 valence electrons. The van der Waals surface area contributed by atoms with Gasteiger partial charge in [-0.05, 0) is 26.0 Å². The van der Waals surface area contributed by atoms with Gasteiger partial charge in [0.2, 0.25) is 0 Å². The van der Waals surface area contributed by atoms with Crippen LogP contribution in [0.3, 0.4) is 0 Å². The van der Waals surface area contributed by atoms with Crippen LogP contribution < -0.4 is 0 Å². The topological polar surface area (TPSA) is 78.4 Å². The number of benzene rings is 1. The van der Waals surface area contributed by atoms with Crippen LogP contribution in [0.4, 0.5) is 0 Å². The molecule has 0 fully saturated rings. The maximum atomic E-state index is 11.7. The third-order valence-electron chi connectivity index (χ3n) is 2.96. The fraction of sp³-hybridized carbons (Fsp3) is 0.375. The van der Waals surface area contributed by atoms with Gasteiger partial charge in [-0.25, -0.2) is 9.97 Å². The number of esters is 2. The second-order valence-corrected chi connectivity index (χ2v) is 4.57. The molecule has 0 amide bonds. The molecule has 1 aromatic heterocycles. The molecule has 0 aliphatic heterocycles. The van der Waals surface area contributed by atoms with Crippen LogP contribution >= 0.6 is 0 Å². The Morgan fingerprint density at radius 3 is 1.64 bits per heavy atom. The average Bonchev–Trinajstić information content (AvgIpc) is 2.48. The largest absolute Gasteiger partial charge is 0.466 e. The molecule has 0 saturated carbocycles. The number of carbonyl (C=O) groups is 2. The third-order valence-corrected chi connectivity index (χ3v) is 2.96. The SMILES string of the molecule is CCOC(=O)Cc1nc2ccccc2nc1CC(=O)OCC. The highest BCUT2D eigenvalue weighted by Crippen LogP contribution is 2.15. The monoisotopic (exact) mass is 302 g/mol. The summed E-state index contributed by atoms with van der Waals surface area (Å²) in [7, 11) is 0. The highest BCUT2D eigenvalue weighted by atomic mass is 16.5. The van der Waals surface area contributed by atoms with E-state index in [1.165, 1.54) is 0 Å². The van der Waals surface area contributed by atoms with Gasteiger partial charge in [0.25, 0.3) is 0 Å². The van der Waals surface area contributed by atoms with Crippen molar-refractivity contribution in [2.45, 2.75) is 26.7 Å². The van der Waals surface area contributed by atoms with E-state index in [2.05, 4.69) is 9.97 Å². The van der Waals surface area contributed by atoms with Gasteiger partial charge in [0, 0.05) is 0 Å². The lowest BCUT2D eigenvalue weighted by Gasteiger charge is -2.09. The maximum Gasteiger partial charge on any atom is 0.311 e. The van der Waals surface area contributed by atoms with Crippen LogP contribution in [-0.4, -0.2) is 35.1 Å². The van der Waals surface area contributed by atoms with E-state index in [4.69, 9.17) is 9.47 Å². The number of carbonyl (C=O) groups excluding carboxylic acids is 2. The predicted octanol–water partition coefficient (Wildman–Crippen LogP) is 1.84. The van der Waals surface area contributed by atoms with Gasteiger partial charge in [-0.1, -0.05) is 12.1 Å². The zero-order chi connectivity index (χ0) is 15.9. The molecule has 0 unspecified atom stereocenters. The summed E-state index contributed by atoms with van der Waals surface area (Å²) in [6.45, 7) is 4.08. The molecule has 0 aliphatic rings. The molecule has 0 spiro atoms. The summed E-state index contributed by atoms with van der Waals surface area (Å²) >= 11 is 0. The molecular weight excluding hydrogens is 284 g/mol. The summed E-state index contributed by atoms with van der Waals surface area (Å²) in [5.41, 5.74) is 2.25. The van der Waals surface area contributed by atoms with Gasteiger partial charge in [0.15, 0.2) is 0 Å². The first-order valence-electron chi connectivity index (χ1n) is 7.19. The van der Waals surface area contributed by atoms with Gasteiger partial charge < -0.3 is 9.47 Å². The number of hydrogen-bond acceptors (Lipinski definition) is 6. The normalized spacial score (nSPS) is 10.5. The van der Waals surface area contributed by atoms with Gasteiger partial charge >= 0.3 is 11.9 Å². The van der Waals surface area contributed by atoms with Crippen LogP contribution in [-0.2, 0) is 31.9 Å². The van der Waals surface area contributed by atoms with E-state index in [1.807, 2.05) is 24.3 Å². The van der Waals surface area contributed by atoms with E-state index >= 15 is 0 Å². The molecule has 2 rings (SSSR count). The Bertz CT molecular complexity index is 626. The first-order chi connectivity index (χ1) is 10.6. The van der Waals surface area contributed by atoms with E-state index in [9.17, 15) is 9.59 Å². The predicted molar refractivity (Wildman–Crippen MR) is 80.2 cm³/mol. The Morgan fingerprint density at radius 2 is 1.27 bits per heavy atom. The standard InChI is InChI=1S/C16H18N2O4/c1-3-21-15(19)9-13-14(10-16(20)22-4-2)18-12-8-6-5-7-11(12)17-13/h5-8H,3-4,9-10H2,1-2H3. The van der Waals surface area contributed by atoms with Gasteiger partial charge in [0.1, 0.15) is 0 Å². The van der Waals surface area contributed by atoms with Crippen molar-refractivity contribution in [3.8, 4) is 0 Å². The second kappa shape index (κ2) is 7.49. The molecule has 2 aromatic rings. The first-order valence-corrected chi connectivity index (χ1v) is 7.19. The molecule has 0 atom stereocenters. The molecule has 6 nitrogen and oxygen atoms in total. The fourth-order valence-electron chi connectivity index (χ4n) is 2.05. The fourth-order valence-corrected chi connectivity index (χ4v) is 2.05. The summed E-state index contributed by atoms with van der Waals surface area (Å²) in [4.78, 5) is 32.3. The lowest BCUT2D eigenvalue weighted by molar-refractivity contribution is -0.143. The minimum absolute atomic E-state index is 0.0135. The molecule has 0 bridgehead atoms. The average molecular weight is 302 g/mol. The van der Waals surface area contributed by atoms with E-state index < -0.39 is 11.9 Å². The Labute approximate surface area is 128 Å². The number of hydrogen-bond donors (Lipinski definition) is 0. The van der Waals surface area contributed by atoms with Crippen molar-refractivity contribution >= 4 is 23.0 Å². The molecule has 1 heterocycles. The second-order valence-electron chi connectivity index (χ2n) is 4.57. The van der Waals surface area contributed by atoms with Crippen LogP contribution in [0.5, 0.6) is 0 Å². The van der Waals surface area contributed by atoms with Crippen molar-refractivity contribution in [3.63, 3.8) is 0 Å². The minimum atomic E-state index is -0.391.